The van der Waals surface area contributed by atoms with Crippen LogP contribution in [0.1, 0.15) is 64.0 Å². The summed E-state index contributed by atoms with van der Waals surface area (Å²) in [6.45, 7) is 6.68. The Morgan fingerprint density at radius 3 is 2.12 bits per heavy atom. The van der Waals surface area contributed by atoms with Crippen molar-refractivity contribution >= 4 is 35.7 Å². The highest BCUT2D eigenvalue weighted by atomic mass is 16.5. The number of aliphatic imine (C=N–C) groups is 1. The van der Waals surface area contributed by atoms with Crippen LogP contribution < -0.4 is 32.7 Å². The van der Waals surface area contributed by atoms with E-state index >= 15 is 0 Å². The normalized spacial score (nSPS) is 15.7. The molecule has 2 aromatic rings. The molecule has 0 bridgehead atoms. The van der Waals surface area contributed by atoms with E-state index in [0.717, 1.165) is 11.1 Å². The van der Waals surface area contributed by atoms with Crippen LogP contribution in [0.15, 0.2) is 65.7 Å². The molecule has 0 saturated carbocycles. The van der Waals surface area contributed by atoms with Crippen molar-refractivity contribution in [1.82, 2.24) is 26.2 Å². The van der Waals surface area contributed by atoms with Crippen molar-refractivity contribution in [3.05, 3.63) is 71.8 Å². The fourth-order valence-electron chi connectivity index (χ4n) is 5.77. The molecule has 1 saturated heterocycles. The van der Waals surface area contributed by atoms with E-state index < -0.39 is 48.0 Å². The van der Waals surface area contributed by atoms with Gasteiger partial charge in [0, 0.05) is 26.1 Å². The first-order valence-electron chi connectivity index (χ1n) is 17.2. The first-order valence-corrected chi connectivity index (χ1v) is 17.2. The van der Waals surface area contributed by atoms with E-state index in [2.05, 4.69) is 26.3 Å². The van der Waals surface area contributed by atoms with Crippen LogP contribution in [-0.4, -0.2) is 84.4 Å². The van der Waals surface area contributed by atoms with E-state index in [4.69, 9.17) is 16.2 Å². The van der Waals surface area contributed by atoms with E-state index in [1.54, 1.807) is 0 Å². The summed E-state index contributed by atoms with van der Waals surface area (Å²) in [7, 11) is 0. The number of amides is 5. The molecular formula is C36H52N8O6. The number of guanidine groups is 1. The first-order chi connectivity index (χ1) is 24.0. The molecule has 0 aromatic heterocycles. The number of nitrogens with two attached hydrogens (primary N) is 2. The van der Waals surface area contributed by atoms with Crippen molar-refractivity contribution in [3.8, 4) is 0 Å². The predicted molar refractivity (Wildman–Crippen MR) is 190 cm³/mol. The van der Waals surface area contributed by atoms with Gasteiger partial charge in [-0.15, -0.1) is 0 Å². The van der Waals surface area contributed by atoms with Gasteiger partial charge in [0.25, 0.3) is 0 Å². The van der Waals surface area contributed by atoms with Crippen molar-refractivity contribution in [3.63, 3.8) is 0 Å². The lowest BCUT2D eigenvalue weighted by molar-refractivity contribution is -0.142. The van der Waals surface area contributed by atoms with E-state index in [0.29, 0.717) is 32.4 Å². The Bertz CT molecular complexity index is 1430. The Morgan fingerprint density at radius 1 is 0.880 bits per heavy atom. The van der Waals surface area contributed by atoms with E-state index in [1.807, 2.05) is 81.4 Å². The minimum atomic E-state index is -1.07. The van der Waals surface area contributed by atoms with Gasteiger partial charge >= 0.3 is 6.09 Å². The van der Waals surface area contributed by atoms with Gasteiger partial charge in [-0.2, -0.15) is 0 Å². The Morgan fingerprint density at radius 2 is 1.50 bits per heavy atom. The number of hydrogen-bond donors (Lipinski definition) is 6. The first kappa shape index (κ1) is 39.3. The van der Waals surface area contributed by atoms with Gasteiger partial charge in [-0.3, -0.25) is 24.2 Å². The number of rotatable bonds is 18. The van der Waals surface area contributed by atoms with E-state index in [1.165, 1.54) is 4.90 Å². The molecule has 8 N–H and O–H groups in total. The average Bonchev–Trinajstić information content (AvgIpc) is 3.59. The Balaban J connectivity index is 1.79. The molecule has 272 valence electrons. The van der Waals surface area contributed by atoms with Gasteiger partial charge in [-0.25, -0.2) is 4.79 Å². The molecule has 5 amide bonds. The fraction of sp³-hybridized carbons (Fsp3) is 0.500. The number of benzene rings is 2. The molecule has 2 aromatic carbocycles. The monoisotopic (exact) mass is 692 g/mol. The predicted octanol–water partition coefficient (Wildman–Crippen LogP) is 1.72. The quantitative estimate of drug-likeness (QED) is 0.0768. The molecule has 0 radical (unpaired) electrons. The van der Waals surface area contributed by atoms with Crippen molar-refractivity contribution in [2.24, 2.45) is 22.4 Å². The number of nitrogens with one attached hydrogen (secondary N) is 4. The zero-order chi connectivity index (χ0) is 36.5. The third-order valence-electron chi connectivity index (χ3n) is 8.19. The molecule has 14 nitrogen and oxygen atoms in total. The standard InChI is InChI=1S/C36H52N8O6/c1-4-39-33(47)30-18-12-20-44(30)34(48)27(17-11-19-40-35(37)38)41-31(45)28(21-24(2)3)42-32(46)29(22-25-13-7-5-8-14-25)43-36(49)50-23-26-15-9-6-10-16-26/h5-10,13-16,24,27-30H,4,11-12,17-23H2,1-3H3,(H,39,47)(H,41,45)(H,42,46)(H,43,49)(H4,37,38,40)/t27-,28-,29+,30-/m0/s1. The molecule has 0 spiro atoms. The summed E-state index contributed by atoms with van der Waals surface area (Å²) in [5.74, 6) is -1.89. The topological polar surface area (TPSA) is 210 Å². The van der Waals surface area contributed by atoms with Crippen LogP contribution in [0.4, 0.5) is 4.79 Å². The minimum absolute atomic E-state index is 0.0147. The maximum Gasteiger partial charge on any atom is 0.408 e. The smallest absolute Gasteiger partial charge is 0.408 e. The average molecular weight is 693 g/mol. The highest BCUT2D eigenvalue weighted by Gasteiger charge is 2.38. The van der Waals surface area contributed by atoms with Gasteiger partial charge < -0.3 is 42.4 Å². The highest BCUT2D eigenvalue weighted by molar-refractivity contribution is 5.95. The number of carbonyl (C=O) groups excluding carboxylic acids is 5. The second-order valence-corrected chi connectivity index (χ2v) is 12.7. The summed E-state index contributed by atoms with van der Waals surface area (Å²) < 4.78 is 5.39. The van der Waals surface area contributed by atoms with Crippen LogP contribution in [0, 0.1) is 5.92 Å². The fourth-order valence-corrected chi connectivity index (χ4v) is 5.77. The summed E-state index contributed by atoms with van der Waals surface area (Å²) in [5.41, 5.74) is 12.5. The Hall–Kier alpha value is -5.14. The van der Waals surface area contributed by atoms with Crippen molar-refractivity contribution in [1.29, 1.82) is 0 Å². The van der Waals surface area contributed by atoms with Gasteiger partial charge in [0.05, 0.1) is 0 Å². The van der Waals surface area contributed by atoms with Crippen LogP contribution in [0.3, 0.4) is 0 Å². The minimum Gasteiger partial charge on any atom is -0.445 e. The second kappa shape index (κ2) is 20.4. The summed E-state index contributed by atoms with van der Waals surface area (Å²) >= 11 is 0. The lowest BCUT2D eigenvalue weighted by Crippen LogP contribution is -2.58. The number of nitrogens with zero attached hydrogens (tertiary/aromatic N) is 2. The molecule has 0 aliphatic carbocycles. The lowest BCUT2D eigenvalue weighted by atomic mass is 10.00. The third kappa shape index (κ3) is 13.1. The second-order valence-electron chi connectivity index (χ2n) is 12.7. The van der Waals surface area contributed by atoms with Crippen LogP contribution in [0.25, 0.3) is 0 Å². The lowest BCUT2D eigenvalue weighted by Gasteiger charge is -2.30. The van der Waals surface area contributed by atoms with Gasteiger partial charge in [-0.1, -0.05) is 74.5 Å². The highest BCUT2D eigenvalue weighted by Crippen LogP contribution is 2.20. The van der Waals surface area contributed by atoms with Gasteiger partial charge in [0.1, 0.15) is 30.8 Å². The molecule has 3 rings (SSSR count). The SMILES string of the molecule is CCNC(=O)[C@@H]1CCCN1C(=O)[C@H](CCCN=C(N)N)NC(=O)[C@H](CC(C)C)NC(=O)[C@@H](Cc1ccccc1)NC(=O)OCc1ccccc1. The summed E-state index contributed by atoms with van der Waals surface area (Å²) in [4.78, 5) is 72.7. The molecule has 0 unspecified atom stereocenters. The van der Waals surface area contributed by atoms with E-state index in [9.17, 15) is 24.0 Å². The molecular weight excluding hydrogens is 640 g/mol. The maximum absolute atomic E-state index is 13.9. The molecule has 14 heteroatoms. The number of likely N-dealkylation sites (tertiary alicyclic amines) is 1. The van der Waals surface area contributed by atoms with Gasteiger partial charge in [-0.05, 0) is 56.1 Å². The number of alkyl carbamates (subject to hydrolysis) is 1. The number of hydrogen-bond acceptors (Lipinski definition) is 7. The molecule has 4 atom stereocenters. The molecule has 1 heterocycles. The van der Waals surface area contributed by atoms with Crippen molar-refractivity contribution in [2.75, 3.05) is 19.6 Å². The summed E-state index contributed by atoms with van der Waals surface area (Å²) in [5, 5.41) is 11.1. The molecule has 1 fully saturated rings. The summed E-state index contributed by atoms with van der Waals surface area (Å²) in [6.07, 6.45) is 1.37. The molecule has 1 aliphatic heterocycles. The van der Waals surface area contributed by atoms with Crippen LogP contribution in [0.2, 0.25) is 0 Å². The maximum atomic E-state index is 13.9. The Kier molecular flexibility index (Phi) is 16.0. The number of ether oxygens (including phenoxy) is 1. The zero-order valence-electron chi connectivity index (χ0n) is 29.2. The van der Waals surface area contributed by atoms with Gasteiger partial charge in [0.2, 0.25) is 23.6 Å². The van der Waals surface area contributed by atoms with Crippen molar-refractivity contribution < 1.29 is 28.7 Å². The zero-order valence-corrected chi connectivity index (χ0v) is 29.2. The van der Waals surface area contributed by atoms with E-state index in [-0.39, 0.29) is 50.2 Å². The third-order valence-corrected chi connectivity index (χ3v) is 8.19. The molecule has 50 heavy (non-hydrogen) atoms. The van der Waals surface area contributed by atoms with Gasteiger partial charge in [0.15, 0.2) is 5.96 Å². The van der Waals surface area contributed by atoms with Crippen LogP contribution in [-0.2, 0) is 36.9 Å². The van der Waals surface area contributed by atoms with Crippen LogP contribution in [0.5, 0.6) is 0 Å². The van der Waals surface area contributed by atoms with Crippen molar-refractivity contribution in [2.45, 2.75) is 90.1 Å². The largest absolute Gasteiger partial charge is 0.445 e. The number of carbonyl (C=O) groups is 5. The van der Waals surface area contributed by atoms with Crippen LogP contribution >= 0.6 is 0 Å². The molecule has 1 aliphatic rings. The Labute approximate surface area is 294 Å². The summed E-state index contributed by atoms with van der Waals surface area (Å²) in [6, 6.07) is 14.6. The number of likely N-dealkylation sites (N-methyl/N-ethyl adjacent to an activating group) is 1.